The first-order chi connectivity index (χ1) is 9.68. The Morgan fingerprint density at radius 1 is 1.00 bits per heavy atom. The summed E-state index contributed by atoms with van der Waals surface area (Å²) in [5.41, 5.74) is 3.00. The monoisotopic (exact) mass is 268 g/mol. The molecule has 2 aromatic carbocycles. The third-order valence-corrected chi connectivity index (χ3v) is 3.65. The Kier molecular flexibility index (Phi) is 3.11. The molecular weight excluding hydrogens is 255 g/mol. The van der Waals surface area contributed by atoms with Gasteiger partial charge in [0.15, 0.2) is 0 Å². The van der Waals surface area contributed by atoms with Crippen molar-refractivity contribution >= 4 is 17.1 Å². The Hall–Kier alpha value is -2.42. The first-order valence-electron chi connectivity index (χ1n) is 6.48. The summed E-state index contributed by atoms with van der Waals surface area (Å²) in [7, 11) is 0. The first-order valence-corrected chi connectivity index (χ1v) is 6.48. The lowest BCUT2D eigenvalue weighted by Gasteiger charge is -2.09. The van der Waals surface area contributed by atoms with Gasteiger partial charge in [-0.15, -0.1) is 0 Å². The van der Waals surface area contributed by atoms with E-state index in [-0.39, 0.29) is 11.1 Å². The molecule has 2 nitrogen and oxygen atoms in total. The average molecular weight is 268 g/mol. The van der Waals surface area contributed by atoms with Crippen molar-refractivity contribution in [3.05, 3.63) is 71.0 Å². The van der Waals surface area contributed by atoms with Gasteiger partial charge in [0.1, 0.15) is 5.82 Å². The Morgan fingerprint density at radius 3 is 2.45 bits per heavy atom. The van der Waals surface area contributed by atoms with Crippen molar-refractivity contribution in [2.75, 3.05) is 0 Å². The van der Waals surface area contributed by atoms with Crippen LogP contribution in [0.25, 0.3) is 11.1 Å². The number of rotatable bonds is 2. The van der Waals surface area contributed by atoms with E-state index in [4.69, 9.17) is 0 Å². The van der Waals surface area contributed by atoms with E-state index >= 15 is 0 Å². The number of carboxylic acids is 1. The number of hydrogen-bond acceptors (Lipinski definition) is 1. The van der Waals surface area contributed by atoms with Crippen LogP contribution in [0.15, 0.2) is 48.5 Å². The highest BCUT2D eigenvalue weighted by Crippen LogP contribution is 2.38. The molecule has 0 amide bonds. The predicted octanol–water partition coefficient (Wildman–Crippen LogP) is 3.77. The molecule has 1 aliphatic carbocycles. The SMILES string of the molecule is O=C(O)/C(=C1\CCc2ccccc21)c1ccccc1F. The lowest BCUT2D eigenvalue weighted by molar-refractivity contribution is -0.130. The van der Waals surface area contributed by atoms with Gasteiger partial charge in [-0.1, -0.05) is 42.5 Å². The van der Waals surface area contributed by atoms with E-state index in [1.807, 2.05) is 24.3 Å². The van der Waals surface area contributed by atoms with Crippen molar-refractivity contribution in [1.82, 2.24) is 0 Å². The van der Waals surface area contributed by atoms with Crippen molar-refractivity contribution in [3.63, 3.8) is 0 Å². The molecule has 0 saturated carbocycles. The van der Waals surface area contributed by atoms with Crippen molar-refractivity contribution in [2.24, 2.45) is 0 Å². The maximum atomic E-state index is 13.9. The molecule has 0 aliphatic heterocycles. The van der Waals surface area contributed by atoms with Crippen LogP contribution in [-0.4, -0.2) is 11.1 Å². The number of aliphatic carboxylic acids is 1. The van der Waals surface area contributed by atoms with Crippen LogP contribution in [0.5, 0.6) is 0 Å². The van der Waals surface area contributed by atoms with Gasteiger partial charge >= 0.3 is 5.97 Å². The summed E-state index contributed by atoms with van der Waals surface area (Å²) in [5.74, 6) is -1.58. The molecule has 0 radical (unpaired) electrons. The number of benzene rings is 2. The highest BCUT2D eigenvalue weighted by Gasteiger charge is 2.25. The predicted molar refractivity (Wildman–Crippen MR) is 75.6 cm³/mol. The molecule has 3 heteroatoms. The average Bonchev–Trinajstić information content (AvgIpc) is 2.85. The van der Waals surface area contributed by atoms with Gasteiger partial charge < -0.3 is 5.11 Å². The van der Waals surface area contributed by atoms with Gasteiger partial charge in [0, 0.05) is 5.56 Å². The molecule has 1 N–H and O–H groups in total. The molecule has 100 valence electrons. The molecule has 0 saturated heterocycles. The van der Waals surface area contributed by atoms with E-state index < -0.39 is 11.8 Å². The van der Waals surface area contributed by atoms with Crippen molar-refractivity contribution in [3.8, 4) is 0 Å². The zero-order valence-electron chi connectivity index (χ0n) is 10.8. The van der Waals surface area contributed by atoms with Gasteiger partial charge in [-0.3, -0.25) is 0 Å². The second-order valence-electron chi connectivity index (χ2n) is 4.80. The van der Waals surface area contributed by atoms with Gasteiger partial charge in [0.2, 0.25) is 0 Å². The van der Waals surface area contributed by atoms with Gasteiger partial charge in [0.25, 0.3) is 0 Å². The summed E-state index contributed by atoms with van der Waals surface area (Å²) in [6.45, 7) is 0. The molecule has 0 spiro atoms. The van der Waals surface area contributed by atoms with Crippen LogP contribution >= 0.6 is 0 Å². The van der Waals surface area contributed by atoms with Crippen LogP contribution in [0.2, 0.25) is 0 Å². The third-order valence-electron chi connectivity index (χ3n) is 3.65. The van der Waals surface area contributed by atoms with Crippen molar-refractivity contribution in [2.45, 2.75) is 12.8 Å². The second kappa shape index (κ2) is 4.93. The molecule has 0 fully saturated rings. The fraction of sp³-hybridized carbons (Fsp3) is 0.118. The number of allylic oxidation sites excluding steroid dienone is 1. The number of halogens is 1. The highest BCUT2D eigenvalue weighted by atomic mass is 19.1. The van der Waals surface area contributed by atoms with Gasteiger partial charge in [-0.2, -0.15) is 0 Å². The summed E-state index contributed by atoms with van der Waals surface area (Å²) in [6.07, 6.45) is 1.44. The highest BCUT2D eigenvalue weighted by molar-refractivity contribution is 6.24. The largest absolute Gasteiger partial charge is 0.478 e. The minimum absolute atomic E-state index is 0.0769. The Morgan fingerprint density at radius 2 is 1.70 bits per heavy atom. The first kappa shape index (κ1) is 12.6. The van der Waals surface area contributed by atoms with E-state index in [1.165, 1.54) is 12.1 Å². The van der Waals surface area contributed by atoms with Crippen LogP contribution in [-0.2, 0) is 11.2 Å². The number of carbonyl (C=O) groups is 1. The Labute approximate surface area is 116 Å². The lowest BCUT2D eigenvalue weighted by atomic mass is 9.95. The molecule has 2 aromatic rings. The number of hydrogen-bond donors (Lipinski definition) is 1. The summed E-state index contributed by atoms with van der Waals surface area (Å²) < 4.78 is 13.9. The van der Waals surface area contributed by atoms with Crippen LogP contribution in [0.3, 0.4) is 0 Å². The molecule has 1 aliphatic rings. The van der Waals surface area contributed by atoms with E-state index in [2.05, 4.69) is 0 Å². The number of carboxylic acid groups (broad SMARTS) is 1. The lowest BCUT2D eigenvalue weighted by Crippen LogP contribution is -2.04. The Balaban J connectivity index is 2.26. The van der Waals surface area contributed by atoms with Gasteiger partial charge in [-0.05, 0) is 35.6 Å². The van der Waals surface area contributed by atoms with Gasteiger partial charge in [-0.25, -0.2) is 9.18 Å². The minimum atomic E-state index is -1.08. The molecule has 0 aromatic heterocycles. The maximum absolute atomic E-state index is 13.9. The minimum Gasteiger partial charge on any atom is -0.478 e. The summed E-state index contributed by atoms with van der Waals surface area (Å²) in [4.78, 5) is 11.6. The summed E-state index contributed by atoms with van der Waals surface area (Å²) >= 11 is 0. The van der Waals surface area contributed by atoms with Crippen molar-refractivity contribution in [1.29, 1.82) is 0 Å². The van der Waals surface area contributed by atoms with Crippen LogP contribution < -0.4 is 0 Å². The molecule has 0 heterocycles. The van der Waals surface area contributed by atoms with E-state index in [1.54, 1.807) is 12.1 Å². The van der Waals surface area contributed by atoms with Crippen LogP contribution in [0.1, 0.15) is 23.1 Å². The fourth-order valence-electron chi connectivity index (χ4n) is 2.76. The van der Waals surface area contributed by atoms with Crippen molar-refractivity contribution < 1.29 is 14.3 Å². The van der Waals surface area contributed by atoms with E-state index in [9.17, 15) is 14.3 Å². The van der Waals surface area contributed by atoms with Crippen LogP contribution in [0.4, 0.5) is 4.39 Å². The third kappa shape index (κ3) is 2.01. The molecule has 0 unspecified atom stereocenters. The zero-order chi connectivity index (χ0) is 14.1. The fourth-order valence-corrected chi connectivity index (χ4v) is 2.76. The zero-order valence-corrected chi connectivity index (χ0v) is 10.8. The van der Waals surface area contributed by atoms with E-state index in [0.29, 0.717) is 6.42 Å². The molecule has 3 rings (SSSR count). The standard InChI is InChI=1S/C17H13FO2/c18-15-8-4-3-7-14(15)16(17(19)20)13-10-9-11-5-1-2-6-12(11)13/h1-8H,9-10H2,(H,19,20)/b16-13+. The molecular formula is C17H13FO2. The number of aryl methyl sites for hydroxylation is 1. The normalized spacial score (nSPS) is 15.8. The molecule has 20 heavy (non-hydrogen) atoms. The summed E-state index contributed by atoms with van der Waals surface area (Å²) in [5, 5.41) is 9.51. The van der Waals surface area contributed by atoms with E-state index in [0.717, 1.165) is 23.1 Å². The number of fused-ring (bicyclic) bond motifs is 1. The smallest absolute Gasteiger partial charge is 0.336 e. The topological polar surface area (TPSA) is 37.3 Å². The Bertz CT molecular complexity index is 716. The molecule has 0 bridgehead atoms. The summed E-state index contributed by atoms with van der Waals surface area (Å²) in [6, 6.07) is 13.7. The quantitative estimate of drug-likeness (QED) is 0.842. The van der Waals surface area contributed by atoms with Gasteiger partial charge in [0.05, 0.1) is 5.57 Å². The second-order valence-corrected chi connectivity index (χ2v) is 4.80. The molecule has 0 atom stereocenters. The maximum Gasteiger partial charge on any atom is 0.336 e. The van der Waals surface area contributed by atoms with Crippen LogP contribution in [0, 0.1) is 5.82 Å².